The molecule has 0 radical (unpaired) electrons. The second kappa shape index (κ2) is 10.2. The highest BCUT2D eigenvalue weighted by atomic mass is 16.3. The Hall–Kier alpha value is -5.68. The molecule has 0 spiro atoms. The van der Waals surface area contributed by atoms with Gasteiger partial charge in [0.1, 0.15) is 34.3 Å². The molecule has 5 heteroatoms. The first kappa shape index (κ1) is 25.8. The molecule has 0 fully saturated rings. The molecule has 0 bridgehead atoms. The third kappa shape index (κ3) is 4.23. The maximum atomic E-state index is 6.39. The first-order chi connectivity index (χ1) is 22.2. The predicted octanol–water partition coefficient (Wildman–Crippen LogP) is 10.1. The van der Waals surface area contributed by atoms with Crippen LogP contribution < -0.4 is 0 Å². The number of aliphatic imine (C=N–C) groups is 2. The van der Waals surface area contributed by atoms with Gasteiger partial charge in [-0.2, -0.15) is 0 Å². The van der Waals surface area contributed by atoms with Crippen LogP contribution in [0.15, 0.2) is 152 Å². The Balaban J connectivity index is 1.25. The topological polar surface area (TPSA) is 54.2 Å². The molecule has 1 aliphatic heterocycles. The summed E-state index contributed by atoms with van der Waals surface area (Å²) in [6.45, 7) is 0. The van der Waals surface area contributed by atoms with Crippen molar-refractivity contribution in [1.82, 2.24) is 4.90 Å². The van der Waals surface area contributed by atoms with E-state index in [4.69, 9.17) is 18.8 Å². The van der Waals surface area contributed by atoms with E-state index in [1.54, 1.807) is 0 Å². The van der Waals surface area contributed by atoms with Crippen LogP contribution in [0.1, 0.15) is 23.7 Å². The van der Waals surface area contributed by atoms with Crippen LogP contribution in [-0.4, -0.2) is 23.6 Å². The lowest BCUT2D eigenvalue weighted by atomic mass is 9.96. The van der Waals surface area contributed by atoms with Gasteiger partial charge in [0.15, 0.2) is 5.84 Å². The molecule has 5 aromatic carbocycles. The minimum Gasteiger partial charge on any atom is -0.456 e. The molecule has 2 aliphatic rings. The van der Waals surface area contributed by atoms with Gasteiger partial charge < -0.3 is 13.7 Å². The predicted molar refractivity (Wildman–Crippen MR) is 184 cm³/mol. The van der Waals surface area contributed by atoms with Gasteiger partial charge in [0, 0.05) is 40.1 Å². The smallest absolute Gasteiger partial charge is 0.159 e. The van der Waals surface area contributed by atoms with Crippen LogP contribution in [0.5, 0.6) is 0 Å². The zero-order valence-electron chi connectivity index (χ0n) is 24.7. The summed E-state index contributed by atoms with van der Waals surface area (Å²) in [5, 5.41) is 4.29. The van der Waals surface area contributed by atoms with E-state index in [-0.39, 0.29) is 12.1 Å². The number of rotatable bonds is 4. The number of para-hydroxylation sites is 1. The minimum absolute atomic E-state index is 0.150. The van der Waals surface area contributed by atoms with Crippen molar-refractivity contribution in [2.45, 2.75) is 12.6 Å². The molecular formula is C40H29N3O2. The normalized spacial score (nSPS) is 18.3. The van der Waals surface area contributed by atoms with Crippen molar-refractivity contribution < 1.29 is 8.83 Å². The molecule has 45 heavy (non-hydrogen) atoms. The molecule has 7 aromatic rings. The van der Waals surface area contributed by atoms with Gasteiger partial charge in [-0.3, -0.25) is 0 Å². The molecule has 2 aromatic heterocycles. The van der Waals surface area contributed by atoms with Gasteiger partial charge in [-0.1, -0.05) is 97.1 Å². The Bertz CT molecular complexity index is 2390. The number of fused-ring (bicyclic) bond motifs is 6. The second-order valence-electron chi connectivity index (χ2n) is 11.8. The molecule has 5 nitrogen and oxygen atoms in total. The average molecular weight is 584 g/mol. The van der Waals surface area contributed by atoms with Crippen LogP contribution in [0.4, 0.5) is 0 Å². The minimum atomic E-state index is -0.266. The summed E-state index contributed by atoms with van der Waals surface area (Å²) in [6.07, 6.45) is 9.29. The summed E-state index contributed by atoms with van der Waals surface area (Å²) in [6, 6.07) is 37.7. The highest BCUT2D eigenvalue weighted by molar-refractivity contribution is 6.21. The molecular weight excluding hydrogens is 554 g/mol. The van der Waals surface area contributed by atoms with E-state index in [0.717, 1.165) is 72.8 Å². The largest absolute Gasteiger partial charge is 0.456 e. The van der Waals surface area contributed by atoms with Crippen molar-refractivity contribution >= 4 is 55.5 Å². The Labute approximate surface area is 260 Å². The van der Waals surface area contributed by atoms with Crippen molar-refractivity contribution in [3.05, 3.63) is 145 Å². The van der Waals surface area contributed by atoms with Gasteiger partial charge in [0.05, 0.1) is 0 Å². The number of benzene rings is 5. The van der Waals surface area contributed by atoms with Crippen LogP contribution in [0.25, 0.3) is 55.0 Å². The Kier molecular flexibility index (Phi) is 5.85. The molecule has 2 atom stereocenters. The number of hydrogen-bond acceptors (Lipinski definition) is 5. The van der Waals surface area contributed by atoms with Crippen LogP contribution >= 0.6 is 0 Å². The first-order valence-corrected chi connectivity index (χ1v) is 15.4. The fraction of sp³-hybridized carbons (Fsp3) is 0.100. The fourth-order valence-corrected chi connectivity index (χ4v) is 6.82. The Morgan fingerprint density at radius 3 is 2.33 bits per heavy atom. The molecule has 3 heterocycles. The monoisotopic (exact) mass is 583 g/mol. The zero-order valence-corrected chi connectivity index (χ0v) is 24.7. The van der Waals surface area contributed by atoms with Crippen LogP contribution in [0, 0.1) is 5.92 Å². The zero-order chi connectivity index (χ0) is 29.9. The van der Waals surface area contributed by atoms with Crippen molar-refractivity contribution in [2.75, 3.05) is 7.05 Å². The summed E-state index contributed by atoms with van der Waals surface area (Å²) in [5.41, 5.74) is 7.82. The molecule has 0 amide bonds. The van der Waals surface area contributed by atoms with Crippen molar-refractivity contribution in [3.8, 4) is 11.1 Å². The fourth-order valence-electron chi connectivity index (χ4n) is 6.82. The number of allylic oxidation sites excluding steroid dienone is 3. The van der Waals surface area contributed by atoms with Gasteiger partial charge in [-0.25, -0.2) is 9.98 Å². The van der Waals surface area contributed by atoms with Crippen LogP contribution in [0.2, 0.25) is 0 Å². The van der Waals surface area contributed by atoms with Gasteiger partial charge in [0.25, 0.3) is 0 Å². The molecule has 9 rings (SSSR count). The van der Waals surface area contributed by atoms with E-state index in [9.17, 15) is 0 Å². The summed E-state index contributed by atoms with van der Waals surface area (Å²) in [5.74, 6) is 1.86. The number of nitrogens with zero attached hydrogens (tertiary/aromatic N) is 3. The van der Waals surface area contributed by atoms with E-state index in [1.807, 2.05) is 30.3 Å². The van der Waals surface area contributed by atoms with E-state index in [2.05, 4.69) is 115 Å². The SMILES string of the molecule is CN1C(C2C=CC=CC2)=NC(c2cccc3oc4ccc(-c5ccccc5)cc4c23)=NC1c1ccc2oc3ccccc3c2c1. The van der Waals surface area contributed by atoms with E-state index in [1.165, 1.54) is 5.56 Å². The van der Waals surface area contributed by atoms with Crippen molar-refractivity contribution in [1.29, 1.82) is 0 Å². The van der Waals surface area contributed by atoms with Crippen molar-refractivity contribution in [3.63, 3.8) is 0 Å². The third-order valence-corrected chi connectivity index (χ3v) is 9.05. The Morgan fingerprint density at radius 1 is 0.667 bits per heavy atom. The van der Waals surface area contributed by atoms with Crippen LogP contribution in [0.3, 0.4) is 0 Å². The van der Waals surface area contributed by atoms with E-state index < -0.39 is 0 Å². The number of hydrogen-bond donors (Lipinski definition) is 0. The highest BCUT2D eigenvalue weighted by Crippen LogP contribution is 2.38. The molecule has 0 saturated carbocycles. The second-order valence-corrected chi connectivity index (χ2v) is 11.8. The lowest BCUT2D eigenvalue weighted by molar-refractivity contribution is 0.366. The van der Waals surface area contributed by atoms with E-state index in [0.29, 0.717) is 5.84 Å². The van der Waals surface area contributed by atoms with Crippen molar-refractivity contribution in [2.24, 2.45) is 15.9 Å². The van der Waals surface area contributed by atoms with Gasteiger partial charge >= 0.3 is 0 Å². The molecule has 0 saturated heterocycles. The third-order valence-electron chi connectivity index (χ3n) is 9.05. The average Bonchev–Trinajstić information content (AvgIpc) is 3.67. The molecule has 2 unspecified atom stereocenters. The summed E-state index contributed by atoms with van der Waals surface area (Å²) in [7, 11) is 2.10. The molecule has 0 N–H and O–H groups in total. The van der Waals surface area contributed by atoms with Crippen LogP contribution in [-0.2, 0) is 0 Å². The molecule has 1 aliphatic carbocycles. The van der Waals surface area contributed by atoms with E-state index >= 15 is 0 Å². The summed E-state index contributed by atoms with van der Waals surface area (Å²) in [4.78, 5) is 12.9. The maximum absolute atomic E-state index is 6.39. The Morgan fingerprint density at radius 2 is 1.44 bits per heavy atom. The van der Waals surface area contributed by atoms with Gasteiger partial charge in [-0.05, 0) is 59.5 Å². The quantitative estimate of drug-likeness (QED) is 0.207. The highest BCUT2D eigenvalue weighted by Gasteiger charge is 2.31. The summed E-state index contributed by atoms with van der Waals surface area (Å²) < 4.78 is 12.5. The lowest BCUT2D eigenvalue weighted by Gasteiger charge is -2.35. The van der Waals surface area contributed by atoms with Gasteiger partial charge in [0.2, 0.25) is 0 Å². The maximum Gasteiger partial charge on any atom is 0.159 e. The standard InChI is InChI=1S/C40H29N3O2/c1-43-39(26-13-6-3-7-14-26)41-38(42-40(43)28-20-22-34-31(24-28)29-15-8-9-17-33(29)44-34)30-16-10-18-36-37(30)32-23-27(19-21-35(32)45-36)25-11-4-2-5-12-25/h2-13,15-24,26,40H,14H2,1H3. The lowest BCUT2D eigenvalue weighted by Crippen LogP contribution is -2.39. The summed E-state index contributed by atoms with van der Waals surface area (Å²) >= 11 is 0. The molecule has 216 valence electrons. The number of amidine groups is 2. The van der Waals surface area contributed by atoms with Gasteiger partial charge in [-0.15, -0.1) is 0 Å². The first-order valence-electron chi connectivity index (χ1n) is 15.4. The number of furan rings is 2.